The maximum Gasteiger partial charge on any atom is 0.232 e. The van der Waals surface area contributed by atoms with Crippen LogP contribution < -0.4 is 10.5 Å². The lowest BCUT2D eigenvalue weighted by molar-refractivity contribution is 0.597. The minimum absolute atomic E-state index is 0.0958. The lowest BCUT2D eigenvalue weighted by atomic mass is 10.3. The van der Waals surface area contributed by atoms with Gasteiger partial charge in [0.2, 0.25) is 10.0 Å². The highest BCUT2D eigenvalue weighted by Gasteiger charge is 2.12. The van der Waals surface area contributed by atoms with Crippen LogP contribution in [0.2, 0.25) is 0 Å². The van der Waals surface area contributed by atoms with E-state index in [0.717, 1.165) is 0 Å². The highest BCUT2D eigenvalue weighted by molar-refractivity contribution is 7.92. The molecule has 0 spiro atoms. The molecule has 0 saturated heterocycles. The van der Waals surface area contributed by atoms with Crippen molar-refractivity contribution < 1.29 is 8.42 Å². The Morgan fingerprint density at radius 2 is 2.19 bits per heavy atom. The van der Waals surface area contributed by atoms with E-state index in [1.165, 1.54) is 0 Å². The van der Waals surface area contributed by atoms with Gasteiger partial charge in [-0.05, 0) is 26.3 Å². The molecule has 0 fully saturated rings. The third kappa shape index (κ3) is 3.82. The summed E-state index contributed by atoms with van der Waals surface area (Å²) in [7, 11) is -1.53. The molecule has 1 aromatic heterocycles. The van der Waals surface area contributed by atoms with E-state index in [9.17, 15) is 8.42 Å². The lowest BCUT2D eigenvalue weighted by Crippen LogP contribution is -2.17. The SMILES string of the molecule is Cc1nn(C)cc1NS(=O)(=O)CCCCN. The molecule has 0 radical (unpaired) electrons. The Labute approximate surface area is 95.9 Å². The summed E-state index contributed by atoms with van der Waals surface area (Å²) in [5.74, 6) is 0.0958. The lowest BCUT2D eigenvalue weighted by Gasteiger charge is -2.05. The number of aromatic nitrogens is 2. The number of hydrogen-bond donors (Lipinski definition) is 2. The molecule has 92 valence electrons. The number of sulfonamides is 1. The van der Waals surface area contributed by atoms with Gasteiger partial charge in [0.05, 0.1) is 17.1 Å². The molecule has 0 atom stereocenters. The van der Waals surface area contributed by atoms with Crippen molar-refractivity contribution in [3.8, 4) is 0 Å². The Hall–Kier alpha value is -1.08. The molecule has 6 nitrogen and oxygen atoms in total. The summed E-state index contributed by atoms with van der Waals surface area (Å²) >= 11 is 0. The summed E-state index contributed by atoms with van der Waals surface area (Å²) in [6, 6.07) is 0. The molecule has 16 heavy (non-hydrogen) atoms. The number of rotatable bonds is 6. The van der Waals surface area contributed by atoms with E-state index >= 15 is 0 Å². The summed E-state index contributed by atoms with van der Waals surface area (Å²) < 4.78 is 27.4. The molecule has 0 unspecified atom stereocenters. The number of anilines is 1. The smallest absolute Gasteiger partial charge is 0.232 e. The van der Waals surface area contributed by atoms with Gasteiger partial charge < -0.3 is 5.73 Å². The molecule has 0 bridgehead atoms. The van der Waals surface area contributed by atoms with Crippen LogP contribution in [0, 0.1) is 6.92 Å². The Balaban J connectivity index is 2.62. The Morgan fingerprint density at radius 1 is 1.50 bits per heavy atom. The topological polar surface area (TPSA) is 90.0 Å². The van der Waals surface area contributed by atoms with E-state index in [1.807, 2.05) is 0 Å². The molecule has 1 aromatic rings. The first-order valence-electron chi connectivity index (χ1n) is 5.15. The second kappa shape index (κ2) is 5.31. The molecule has 0 aromatic carbocycles. The number of hydrogen-bond acceptors (Lipinski definition) is 4. The molecule has 0 saturated carbocycles. The van der Waals surface area contributed by atoms with E-state index in [1.54, 1.807) is 24.9 Å². The fraction of sp³-hybridized carbons (Fsp3) is 0.667. The molecule has 7 heteroatoms. The van der Waals surface area contributed by atoms with Gasteiger partial charge in [0.25, 0.3) is 0 Å². The zero-order chi connectivity index (χ0) is 12.2. The predicted octanol–water partition coefficient (Wildman–Crippen LogP) is 0.209. The van der Waals surface area contributed by atoms with Crippen molar-refractivity contribution >= 4 is 15.7 Å². The van der Waals surface area contributed by atoms with Crippen molar-refractivity contribution in [3.63, 3.8) is 0 Å². The minimum Gasteiger partial charge on any atom is -0.330 e. The maximum absolute atomic E-state index is 11.6. The van der Waals surface area contributed by atoms with Crippen LogP contribution in [0.5, 0.6) is 0 Å². The quantitative estimate of drug-likeness (QED) is 0.702. The third-order valence-electron chi connectivity index (χ3n) is 2.15. The van der Waals surface area contributed by atoms with E-state index in [2.05, 4.69) is 9.82 Å². The van der Waals surface area contributed by atoms with Gasteiger partial charge in [-0.2, -0.15) is 5.10 Å². The first-order chi connectivity index (χ1) is 7.44. The van der Waals surface area contributed by atoms with Crippen LogP contribution in [0.25, 0.3) is 0 Å². The number of nitrogens with zero attached hydrogens (tertiary/aromatic N) is 2. The van der Waals surface area contributed by atoms with Crippen molar-refractivity contribution in [3.05, 3.63) is 11.9 Å². The highest BCUT2D eigenvalue weighted by Crippen LogP contribution is 2.13. The van der Waals surface area contributed by atoms with Crippen LogP contribution in [0.15, 0.2) is 6.20 Å². The van der Waals surface area contributed by atoms with Crippen molar-refractivity contribution in [1.82, 2.24) is 9.78 Å². The first kappa shape index (κ1) is 13.0. The van der Waals surface area contributed by atoms with E-state index in [0.29, 0.717) is 30.8 Å². The van der Waals surface area contributed by atoms with Crippen LogP contribution in [-0.4, -0.2) is 30.5 Å². The molecule has 0 aliphatic carbocycles. The van der Waals surface area contributed by atoms with Crippen LogP contribution >= 0.6 is 0 Å². The maximum atomic E-state index is 11.6. The van der Waals surface area contributed by atoms with E-state index in [4.69, 9.17) is 5.73 Å². The minimum atomic E-state index is -3.27. The van der Waals surface area contributed by atoms with Crippen molar-refractivity contribution in [1.29, 1.82) is 0 Å². The van der Waals surface area contributed by atoms with Crippen LogP contribution in [0.1, 0.15) is 18.5 Å². The number of nitrogens with two attached hydrogens (primary N) is 1. The van der Waals surface area contributed by atoms with Crippen LogP contribution in [0.3, 0.4) is 0 Å². The van der Waals surface area contributed by atoms with E-state index in [-0.39, 0.29) is 5.75 Å². The average Bonchev–Trinajstić information content (AvgIpc) is 2.44. The molecule has 0 amide bonds. The summed E-state index contributed by atoms with van der Waals surface area (Å²) in [6.45, 7) is 2.28. The number of unbranched alkanes of at least 4 members (excludes halogenated alkanes) is 1. The molecular formula is C9H18N4O2S. The standard InChI is InChI=1S/C9H18N4O2S/c1-8-9(7-13(2)11-8)12-16(14,15)6-4-3-5-10/h7,12H,3-6,10H2,1-2H3. The van der Waals surface area contributed by atoms with Gasteiger partial charge in [0.15, 0.2) is 0 Å². The van der Waals surface area contributed by atoms with Gasteiger partial charge >= 0.3 is 0 Å². The van der Waals surface area contributed by atoms with Crippen molar-refractivity contribution in [2.75, 3.05) is 17.0 Å². The molecule has 1 rings (SSSR count). The summed E-state index contributed by atoms with van der Waals surface area (Å²) in [5, 5.41) is 4.06. The second-order valence-electron chi connectivity index (χ2n) is 3.72. The zero-order valence-corrected chi connectivity index (χ0v) is 10.4. The van der Waals surface area contributed by atoms with Gasteiger partial charge in [-0.15, -0.1) is 0 Å². The third-order valence-corrected chi connectivity index (χ3v) is 3.50. The van der Waals surface area contributed by atoms with Gasteiger partial charge in [-0.1, -0.05) is 0 Å². The van der Waals surface area contributed by atoms with Crippen molar-refractivity contribution in [2.24, 2.45) is 12.8 Å². The largest absolute Gasteiger partial charge is 0.330 e. The first-order valence-corrected chi connectivity index (χ1v) is 6.80. The predicted molar refractivity (Wildman–Crippen MR) is 63.6 cm³/mol. The fourth-order valence-electron chi connectivity index (χ4n) is 1.35. The van der Waals surface area contributed by atoms with Gasteiger partial charge in [0.1, 0.15) is 0 Å². The number of aryl methyl sites for hydroxylation is 2. The van der Waals surface area contributed by atoms with Crippen LogP contribution in [-0.2, 0) is 17.1 Å². The Morgan fingerprint density at radius 3 is 2.69 bits per heavy atom. The molecule has 3 N–H and O–H groups in total. The summed E-state index contributed by atoms with van der Waals surface area (Å²) in [5.41, 5.74) is 6.52. The van der Waals surface area contributed by atoms with E-state index < -0.39 is 10.0 Å². The monoisotopic (exact) mass is 246 g/mol. The van der Waals surface area contributed by atoms with Gasteiger partial charge in [-0.25, -0.2) is 8.42 Å². The molecule has 0 aliphatic heterocycles. The number of nitrogens with one attached hydrogen (secondary N) is 1. The van der Waals surface area contributed by atoms with Gasteiger partial charge in [-0.3, -0.25) is 9.40 Å². The van der Waals surface area contributed by atoms with Crippen LogP contribution in [0.4, 0.5) is 5.69 Å². The van der Waals surface area contributed by atoms with Gasteiger partial charge in [0, 0.05) is 13.2 Å². The molecule has 0 aliphatic rings. The average molecular weight is 246 g/mol. The fourth-order valence-corrected chi connectivity index (χ4v) is 2.58. The van der Waals surface area contributed by atoms with Crippen molar-refractivity contribution in [2.45, 2.75) is 19.8 Å². The zero-order valence-electron chi connectivity index (χ0n) is 9.60. The molecule has 1 heterocycles. The Kier molecular flexibility index (Phi) is 4.31. The molecular weight excluding hydrogens is 228 g/mol. The summed E-state index contributed by atoms with van der Waals surface area (Å²) in [4.78, 5) is 0. The Bertz CT molecular complexity index is 438. The highest BCUT2D eigenvalue weighted by atomic mass is 32.2. The summed E-state index contributed by atoms with van der Waals surface area (Å²) in [6.07, 6.45) is 2.94. The second-order valence-corrected chi connectivity index (χ2v) is 5.56. The normalized spacial score (nSPS) is 11.7.